The first-order valence-electron chi connectivity index (χ1n) is 4.49. The summed E-state index contributed by atoms with van der Waals surface area (Å²) in [6.07, 6.45) is 9.22. The molecule has 0 aliphatic heterocycles. The lowest BCUT2D eigenvalue weighted by molar-refractivity contribution is -0.660. The Morgan fingerprint density at radius 2 is 1.93 bits per heavy atom. The van der Waals surface area contributed by atoms with Crippen LogP contribution in [0.25, 0.3) is 11.3 Å². The Labute approximate surface area is 83.1 Å². The van der Waals surface area contributed by atoms with Crippen LogP contribution in [0.4, 0.5) is 0 Å². The summed E-state index contributed by atoms with van der Waals surface area (Å²) in [6.45, 7) is 2.07. The van der Waals surface area contributed by atoms with Gasteiger partial charge in [0.2, 0.25) is 5.69 Å². The second kappa shape index (κ2) is 3.54. The minimum atomic E-state index is 1.08. The fraction of sp³-hybridized carbons (Fsp3) is 0.182. The van der Waals surface area contributed by atoms with E-state index in [9.17, 15) is 0 Å². The molecule has 0 unspecified atom stereocenters. The highest BCUT2D eigenvalue weighted by Crippen LogP contribution is 2.16. The third-order valence-electron chi connectivity index (χ3n) is 2.27. The lowest BCUT2D eigenvalue weighted by Gasteiger charge is -2.01. The fourth-order valence-corrected chi connectivity index (χ4v) is 1.42. The number of pyridine rings is 1. The molecule has 0 amide bonds. The van der Waals surface area contributed by atoms with E-state index in [1.54, 1.807) is 12.4 Å². The molecule has 0 aliphatic carbocycles. The van der Waals surface area contributed by atoms with Crippen molar-refractivity contribution in [3.63, 3.8) is 0 Å². The van der Waals surface area contributed by atoms with Crippen LogP contribution in [0.5, 0.6) is 0 Å². The molecule has 0 fully saturated rings. The van der Waals surface area contributed by atoms with E-state index in [2.05, 4.69) is 16.9 Å². The third-order valence-corrected chi connectivity index (χ3v) is 2.27. The van der Waals surface area contributed by atoms with Crippen LogP contribution in [-0.4, -0.2) is 9.97 Å². The Kier molecular flexibility index (Phi) is 2.23. The van der Waals surface area contributed by atoms with Gasteiger partial charge in [0, 0.05) is 12.4 Å². The van der Waals surface area contributed by atoms with Crippen molar-refractivity contribution < 1.29 is 4.57 Å². The van der Waals surface area contributed by atoms with Gasteiger partial charge in [-0.3, -0.25) is 9.97 Å². The molecule has 0 atom stereocenters. The summed E-state index contributed by atoms with van der Waals surface area (Å²) >= 11 is 0. The molecule has 2 rings (SSSR count). The van der Waals surface area contributed by atoms with Crippen molar-refractivity contribution in [1.29, 1.82) is 0 Å². The minimum absolute atomic E-state index is 1.08. The lowest BCUT2D eigenvalue weighted by Crippen LogP contribution is -2.30. The van der Waals surface area contributed by atoms with Gasteiger partial charge in [-0.25, -0.2) is 0 Å². The highest BCUT2D eigenvalue weighted by Gasteiger charge is 2.10. The first-order valence-corrected chi connectivity index (χ1v) is 4.49. The summed E-state index contributed by atoms with van der Waals surface area (Å²) in [7, 11) is 2.00. The molecule has 0 aromatic carbocycles. The van der Waals surface area contributed by atoms with Crippen LogP contribution in [0.2, 0.25) is 0 Å². The fourth-order valence-electron chi connectivity index (χ4n) is 1.42. The van der Waals surface area contributed by atoms with Crippen LogP contribution in [0, 0.1) is 6.92 Å². The van der Waals surface area contributed by atoms with Gasteiger partial charge in [0.05, 0.1) is 18.0 Å². The number of aryl methyl sites for hydroxylation is 2. The summed E-state index contributed by atoms with van der Waals surface area (Å²) < 4.78 is 2.04. The molecule has 2 aromatic heterocycles. The van der Waals surface area contributed by atoms with E-state index in [0.29, 0.717) is 0 Å². The van der Waals surface area contributed by atoms with Crippen molar-refractivity contribution in [3.8, 4) is 11.3 Å². The molecule has 0 spiro atoms. The topological polar surface area (TPSA) is 29.7 Å². The average Bonchev–Trinajstić information content (AvgIpc) is 2.20. The molecule has 0 saturated heterocycles. The molecular weight excluding hydrogens is 174 g/mol. The van der Waals surface area contributed by atoms with Crippen molar-refractivity contribution in [1.82, 2.24) is 9.97 Å². The molecule has 70 valence electrons. The van der Waals surface area contributed by atoms with Gasteiger partial charge in [-0.2, -0.15) is 4.57 Å². The van der Waals surface area contributed by atoms with Gasteiger partial charge in [0.1, 0.15) is 7.05 Å². The molecule has 2 aromatic rings. The predicted octanol–water partition coefficient (Wildman–Crippen LogP) is 1.28. The number of rotatable bonds is 1. The summed E-state index contributed by atoms with van der Waals surface area (Å²) in [6, 6.07) is 2.00. The largest absolute Gasteiger partial charge is 0.264 e. The maximum atomic E-state index is 4.12. The van der Waals surface area contributed by atoms with Crippen LogP contribution >= 0.6 is 0 Å². The molecule has 3 heteroatoms. The molecule has 14 heavy (non-hydrogen) atoms. The average molecular weight is 186 g/mol. The van der Waals surface area contributed by atoms with Crippen molar-refractivity contribution in [2.24, 2.45) is 7.05 Å². The summed E-state index contributed by atoms with van der Waals surface area (Å²) in [5.74, 6) is 0. The van der Waals surface area contributed by atoms with E-state index in [-0.39, 0.29) is 0 Å². The smallest absolute Gasteiger partial charge is 0.232 e. The van der Waals surface area contributed by atoms with Gasteiger partial charge in [-0.05, 0) is 18.6 Å². The highest BCUT2D eigenvalue weighted by molar-refractivity contribution is 5.58. The second-order valence-corrected chi connectivity index (χ2v) is 3.26. The normalized spacial score (nSPS) is 10.1. The Morgan fingerprint density at radius 1 is 1.14 bits per heavy atom. The van der Waals surface area contributed by atoms with Gasteiger partial charge >= 0.3 is 0 Å². The van der Waals surface area contributed by atoms with E-state index in [1.807, 2.05) is 36.3 Å². The predicted molar refractivity (Wildman–Crippen MR) is 53.4 cm³/mol. The Morgan fingerprint density at radius 3 is 2.64 bits per heavy atom. The monoisotopic (exact) mass is 186 g/mol. The SMILES string of the molecule is Cc1ccncc1-c1cncc[n+]1C. The molecular formula is C11H12N3+. The molecule has 2 heterocycles. The maximum absolute atomic E-state index is 4.12. The summed E-state index contributed by atoms with van der Waals surface area (Å²) in [4.78, 5) is 8.24. The summed E-state index contributed by atoms with van der Waals surface area (Å²) in [5, 5.41) is 0. The molecule has 3 nitrogen and oxygen atoms in total. The lowest BCUT2D eigenvalue weighted by atomic mass is 10.1. The Balaban J connectivity index is 2.61. The maximum Gasteiger partial charge on any atom is 0.232 e. The number of hydrogen-bond donors (Lipinski definition) is 0. The molecule has 0 aliphatic rings. The van der Waals surface area contributed by atoms with Crippen LogP contribution in [-0.2, 0) is 7.05 Å². The van der Waals surface area contributed by atoms with Crippen LogP contribution < -0.4 is 4.57 Å². The third kappa shape index (κ3) is 1.48. The van der Waals surface area contributed by atoms with Gasteiger partial charge in [0.15, 0.2) is 6.20 Å². The minimum Gasteiger partial charge on any atom is -0.264 e. The van der Waals surface area contributed by atoms with Crippen LogP contribution in [0.15, 0.2) is 37.1 Å². The van der Waals surface area contributed by atoms with Gasteiger partial charge in [-0.15, -0.1) is 0 Å². The van der Waals surface area contributed by atoms with Gasteiger partial charge in [0.25, 0.3) is 0 Å². The second-order valence-electron chi connectivity index (χ2n) is 3.26. The van der Waals surface area contributed by atoms with E-state index >= 15 is 0 Å². The van der Waals surface area contributed by atoms with Gasteiger partial charge < -0.3 is 0 Å². The van der Waals surface area contributed by atoms with Crippen LogP contribution in [0.1, 0.15) is 5.56 Å². The number of hydrogen-bond acceptors (Lipinski definition) is 2. The zero-order valence-electron chi connectivity index (χ0n) is 8.31. The molecule has 0 radical (unpaired) electrons. The Bertz CT molecular complexity index is 408. The zero-order chi connectivity index (χ0) is 9.97. The standard InChI is InChI=1S/C11H12N3/c1-9-3-4-12-7-10(9)11-8-13-5-6-14(11)2/h3-8H,1-2H3/q+1. The van der Waals surface area contributed by atoms with E-state index in [4.69, 9.17) is 0 Å². The first-order chi connectivity index (χ1) is 6.79. The quantitative estimate of drug-likeness (QED) is 0.628. The van der Waals surface area contributed by atoms with Crippen molar-refractivity contribution in [3.05, 3.63) is 42.6 Å². The number of nitrogens with zero attached hydrogens (tertiary/aromatic N) is 3. The molecule has 0 N–H and O–H groups in total. The summed E-state index contributed by atoms with van der Waals surface area (Å²) in [5.41, 5.74) is 3.42. The van der Waals surface area contributed by atoms with E-state index in [0.717, 1.165) is 11.3 Å². The highest BCUT2D eigenvalue weighted by atomic mass is 14.9. The molecule has 0 saturated carbocycles. The zero-order valence-corrected chi connectivity index (χ0v) is 8.31. The van der Waals surface area contributed by atoms with Gasteiger partial charge in [-0.1, -0.05) is 0 Å². The Hall–Kier alpha value is -1.77. The molecule has 0 bridgehead atoms. The van der Waals surface area contributed by atoms with Crippen molar-refractivity contribution in [2.75, 3.05) is 0 Å². The number of aromatic nitrogens is 3. The van der Waals surface area contributed by atoms with Crippen molar-refractivity contribution >= 4 is 0 Å². The first kappa shape index (κ1) is 8.81. The van der Waals surface area contributed by atoms with Crippen LogP contribution in [0.3, 0.4) is 0 Å². The van der Waals surface area contributed by atoms with E-state index in [1.165, 1.54) is 5.56 Å². The van der Waals surface area contributed by atoms with Crippen molar-refractivity contribution in [2.45, 2.75) is 6.92 Å². The van der Waals surface area contributed by atoms with E-state index < -0.39 is 0 Å².